The van der Waals surface area contributed by atoms with E-state index >= 15 is 0 Å². The van der Waals surface area contributed by atoms with Gasteiger partial charge in [-0.1, -0.05) is 54.6 Å². The first-order valence-electron chi connectivity index (χ1n) is 10.1. The van der Waals surface area contributed by atoms with Crippen molar-refractivity contribution in [1.82, 2.24) is 20.5 Å². The van der Waals surface area contributed by atoms with Crippen molar-refractivity contribution in [1.29, 1.82) is 0 Å². The Bertz CT molecular complexity index is 1210. The molecule has 32 heavy (non-hydrogen) atoms. The normalized spacial score (nSPS) is 11.4. The zero-order chi connectivity index (χ0) is 22.3. The SMILES string of the molecule is Cc1nc(C(NC(=O)Nc2cccc(NC(=O)c3ccccc3)c2)c2ccccc2)n[nH]1. The Morgan fingerprint density at radius 2 is 1.50 bits per heavy atom. The highest BCUT2D eigenvalue weighted by molar-refractivity contribution is 6.04. The molecule has 0 aliphatic rings. The highest BCUT2D eigenvalue weighted by Crippen LogP contribution is 2.20. The molecule has 0 radical (unpaired) electrons. The number of carbonyl (C=O) groups excluding carboxylic acids is 2. The number of rotatable bonds is 6. The van der Waals surface area contributed by atoms with Crippen LogP contribution in [0, 0.1) is 6.92 Å². The summed E-state index contributed by atoms with van der Waals surface area (Å²) in [6.07, 6.45) is 0. The molecule has 0 aliphatic heterocycles. The van der Waals surface area contributed by atoms with Crippen LogP contribution < -0.4 is 16.0 Å². The van der Waals surface area contributed by atoms with Gasteiger partial charge >= 0.3 is 6.03 Å². The number of aromatic amines is 1. The summed E-state index contributed by atoms with van der Waals surface area (Å²) in [5.74, 6) is 0.897. The summed E-state index contributed by atoms with van der Waals surface area (Å²) in [6.45, 7) is 1.80. The largest absolute Gasteiger partial charge is 0.324 e. The molecule has 0 aliphatic carbocycles. The second kappa shape index (κ2) is 9.57. The van der Waals surface area contributed by atoms with Gasteiger partial charge in [-0.2, -0.15) is 5.10 Å². The number of urea groups is 1. The first-order valence-corrected chi connectivity index (χ1v) is 10.1. The number of nitrogens with one attached hydrogen (secondary N) is 4. The fourth-order valence-corrected chi connectivity index (χ4v) is 3.20. The summed E-state index contributed by atoms with van der Waals surface area (Å²) in [7, 11) is 0. The van der Waals surface area contributed by atoms with Crippen molar-refractivity contribution in [3.05, 3.63) is 108 Å². The van der Waals surface area contributed by atoms with Gasteiger partial charge < -0.3 is 16.0 Å². The average Bonchev–Trinajstić information content (AvgIpc) is 3.25. The summed E-state index contributed by atoms with van der Waals surface area (Å²) in [4.78, 5) is 29.5. The van der Waals surface area contributed by atoms with Gasteiger partial charge in [-0.25, -0.2) is 9.78 Å². The van der Waals surface area contributed by atoms with Crippen LogP contribution in [0.15, 0.2) is 84.9 Å². The molecular formula is C24H22N6O2. The lowest BCUT2D eigenvalue weighted by Gasteiger charge is -2.17. The molecule has 1 aromatic heterocycles. The van der Waals surface area contributed by atoms with Crippen LogP contribution in [0.1, 0.15) is 33.6 Å². The molecule has 8 nitrogen and oxygen atoms in total. The maximum Gasteiger partial charge on any atom is 0.320 e. The predicted octanol–water partition coefficient (Wildman–Crippen LogP) is 4.28. The van der Waals surface area contributed by atoms with E-state index in [1.54, 1.807) is 55.5 Å². The van der Waals surface area contributed by atoms with Gasteiger partial charge in [0, 0.05) is 16.9 Å². The molecule has 0 spiro atoms. The van der Waals surface area contributed by atoms with Crippen molar-refractivity contribution in [2.24, 2.45) is 0 Å². The highest BCUT2D eigenvalue weighted by atomic mass is 16.2. The van der Waals surface area contributed by atoms with Gasteiger partial charge in [0.25, 0.3) is 5.91 Å². The van der Waals surface area contributed by atoms with Crippen molar-refractivity contribution < 1.29 is 9.59 Å². The average molecular weight is 426 g/mol. The van der Waals surface area contributed by atoms with E-state index in [2.05, 4.69) is 31.1 Å². The van der Waals surface area contributed by atoms with Crippen LogP contribution in [0.3, 0.4) is 0 Å². The minimum atomic E-state index is -0.526. The van der Waals surface area contributed by atoms with Gasteiger partial charge in [-0.3, -0.25) is 9.89 Å². The fourth-order valence-electron chi connectivity index (χ4n) is 3.20. The zero-order valence-corrected chi connectivity index (χ0v) is 17.4. The lowest BCUT2D eigenvalue weighted by Crippen LogP contribution is -2.33. The third-order valence-electron chi connectivity index (χ3n) is 4.70. The van der Waals surface area contributed by atoms with Crippen LogP contribution in [-0.2, 0) is 0 Å². The summed E-state index contributed by atoms with van der Waals surface area (Å²) in [6, 6.07) is 24.4. The van der Waals surface area contributed by atoms with Crippen LogP contribution in [0.2, 0.25) is 0 Å². The maximum absolute atomic E-state index is 12.8. The molecular weight excluding hydrogens is 404 g/mol. The van der Waals surface area contributed by atoms with E-state index in [1.807, 2.05) is 36.4 Å². The molecule has 3 aromatic carbocycles. The molecule has 1 heterocycles. The van der Waals surface area contributed by atoms with Crippen molar-refractivity contribution in [3.8, 4) is 0 Å². The molecule has 4 N–H and O–H groups in total. The fraction of sp³-hybridized carbons (Fsp3) is 0.0833. The topological polar surface area (TPSA) is 112 Å². The van der Waals surface area contributed by atoms with Crippen molar-refractivity contribution in [2.45, 2.75) is 13.0 Å². The number of carbonyl (C=O) groups is 2. The molecule has 4 rings (SSSR count). The Balaban J connectivity index is 1.46. The van der Waals surface area contributed by atoms with E-state index in [1.165, 1.54) is 0 Å². The van der Waals surface area contributed by atoms with Gasteiger partial charge in [-0.05, 0) is 42.8 Å². The number of aryl methyl sites for hydroxylation is 1. The molecule has 4 aromatic rings. The molecule has 160 valence electrons. The molecule has 0 saturated heterocycles. The van der Waals surface area contributed by atoms with Crippen molar-refractivity contribution in [3.63, 3.8) is 0 Å². The van der Waals surface area contributed by atoms with Crippen LogP contribution in [-0.4, -0.2) is 27.1 Å². The molecule has 0 fully saturated rings. The first-order chi connectivity index (χ1) is 15.6. The van der Waals surface area contributed by atoms with E-state index < -0.39 is 12.1 Å². The Kier molecular flexibility index (Phi) is 6.22. The van der Waals surface area contributed by atoms with Gasteiger partial charge in [0.15, 0.2) is 5.82 Å². The zero-order valence-electron chi connectivity index (χ0n) is 17.4. The Morgan fingerprint density at radius 1 is 0.844 bits per heavy atom. The number of nitrogens with zero attached hydrogens (tertiary/aromatic N) is 2. The van der Waals surface area contributed by atoms with E-state index in [4.69, 9.17) is 0 Å². The van der Waals surface area contributed by atoms with Crippen LogP contribution in [0.4, 0.5) is 16.2 Å². The summed E-state index contributed by atoms with van der Waals surface area (Å²) >= 11 is 0. The second-order valence-electron chi connectivity index (χ2n) is 7.12. The monoisotopic (exact) mass is 426 g/mol. The van der Waals surface area contributed by atoms with Gasteiger partial charge in [0.1, 0.15) is 11.9 Å². The third-order valence-corrected chi connectivity index (χ3v) is 4.70. The predicted molar refractivity (Wildman–Crippen MR) is 122 cm³/mol. The number of benzene rings is 3. The van der Waals surface area contributed by atoms with Gasteiger partial charge in [-0.15, -0.1) is 0 Å². The Hall–Kier alpha value is -4.46. The van der Waals surface area contributed by atoms with Crippen LogP contribution in [0.5, 0.6) is 0 Å². The van der Waals surface area contributed by atoms with Crippen molar-refractivity contribution >= 4 is 23.3 Å². The minimum absolute atomic E-state index is 0.226. The summed E-state index contributed by atoms with van der Waals surface area (Å²) in [5, 5.41) is 15.6. The van der Waals surface area contributed by atoms with Gasteiger partial charge in [0.05, 0.1) is 0 Å². The van der Waals surface area contributed by atoms with E-state index in [9.17, 15) is 9.59 Å². The van der Waals surface area contributed by atoms with Crippen LogP contribution in [0.25, 0.3) is 0 Å². The number of H-pyrrole nitrogens is 1. The minimum Gasteiger partial charge on any atom is -0.324 e. The number of amides is 3. The number of hydrogen-bond acceptors (Lipinski definition) is 4. The smallest absolute Gasteiger partial charge is 0.320 e. The Morgan fingerprint density at radius 3 is 2.16 bits per heavy atom. The van der Waals surface area contributed by atoms with Crippen molar-refractivity contribution in [2.75, 3.05) is 10.6 Å². The quantitative estimate of drug-likeness (QED) is 0.369. The highest BCUT2D eigenvalue weighted by Gasteiger charge is 2.21. The number of anilines is 2. The number of aromatic nitrogens is 3. The summed E-state index contributed by atoms with van der Waals surface area (Å²) in [5.41, 5.74) is 2.51. The Labute approximate surface area is 185 Å². The van der Waals surface area contributed by atoms with E-state index in [0.29, 0.717) is 28.6 Å². The maximum atomic E-state index is 12.8. The summed E-state index contributed by atoms with van der Waals surface area (Å²) < 4.78 is 0. The first kappa shape index (κ1) is 20.8. The van der Waals surface area contributed by atoms with E-state index in [0.717, 1.165) is 5.56 Å². The molecule has 8 heteroatoms. The molecule has 0 bridgehead atoms. The number of hydrogen-bond donors (Lipinski definition) is 4. The molecule has 3 amide bonds. The van der Waals surface area contributed by atoms with Crippen LogP contribution >= 0.6 is 0 Å². The van der Waals surface area contributed by atoms with E-state index in [-0.39, 0.29) is 5.91 Å². The lowest BCUT2D eigenvalue weighted by molar-refractivity contribution is 0.102. The third kappa shape index (κ3) is 5.17. The molecule has 0 saturated carbocycles. The molecule has 1 atom stereocenters. The lowest BCUT2D eigenvalue weighted by atomic mass is 10.1. The standard InChI is InChI=1S/C24H22N6O2/c1-16-25-22(30-29-16)21(17-9-4-2-5-10-17)28-24(32)27-20-14-8-13-19(15-20)26-23(31)18-11-6-3-7-12-18/h2-15,21H,1H3,(H,26,31)(H,25,29,30)(H2,27,28,32). The second-order valence-corrected chi connectivity index (χ2v) is 7.12. The molecule has 1 unspecified atom stereocenters. The van der Waals surface area contributed by atoms with Gasteiger partial charge in [0.2, 0.25) is 0 Å².